The number of carboxylic acids is 1. The summed E-state index contributed by atoms with van der Waals surface area (Å²) in [6.45, 7) is 5.32. The number of amides is 2. The first-order valence-electron chi connectivity index (χ1n) is 8.56. The van der Waals surface area contributed by atoms with Crippen LogP contribution in [0, 0.1) is 12.8 Å². The molecule has 27 heavy (non-hydrogen) atoms. The summed E-state index contributed by atoms with van der Waals surface area (Å²) in [5, 5.41) is 21.7. The molecule has 0 saturated carbocycles. The molecule has 0 unspecified atom stereocenters. The van der Waals surface area contributed by atoms with Crippen LogP contribution >= 0.6 is 0 Å². The van der Waals surface area contributed by atoms with Gasteiger partial charge < -0.3 is 15.7 Å². The molecular formula is C18H23N5O4. The molecule has 144 valence electrons. The number of aromatic nitrogens is 3. The van der Waals surface area contributed by atoms with E-state index in [1.807, 2.05) is 45.0 Å². The van der Waals surface area contributed by atoms with Gasteiger partial charge in [-0.15, -0.1) is 5.10 Å². The lowest BCUT2D eigenvalue weighted by molar-refractivity contribution is -0.142. The molecule has 2 amide bonds. The second-order valence-electron chi connectivity index (χ2n) is 6.66. The number of aliphatic carboxylic acids is 1. The largest absolute Gasteiger partial charge is 0.480 e. The number of hydrogen-bond donors (Lipinski definition) is 3. The third kappa shape index (κ3) is 5.91. The van der Waals surface area contributed by atoms with Gasteiger partial charge in [0.1, 0.15) is 6.04 Å². The van der Waals surface area contributed by atoms with E-state index < -0.39 is 23.8 Å². The Labute approximate surface area is 156 Å². The predicted molar refractivity (Wildman–Crippen MR) is 97.5 cm³/mol. The summed E-state index contributed by atoms with van der Waals surface area (Å²) in [5.41, 5.74) is 1.86. The Bertz CT molecular complexity index is 831. The molecule has 9 nitrogen and oxygen atoms in total. The summed E-state index contributed by atoms with van der Waals surface area (Å²) >= 11 is 0. The maximum Gasteiger partial charge on any atom is 0.326 e. The summed E-state index contributed by atoms with van der Waals surface area (Å²) in [4.78, 5) is 35.2. The second kappa shape index (κ2) is 8.93. The molecule has 3 N–H and O–H groups in total. The van der Waals surface area contributed by atoms with Crippen molar-refractivity contribution >= 4 is 17.8 Å². The fourth-order valence-electron chi connectivity index (χ4n) is 2.45. The monoisotopic (exact) mass is 373 g/mol. The van der Waals surface area contributed by atoms with E-state index in [0.717, 1.165) is 11.3 Å². The standard InChI is InChI=1S/C18H23N5O4/c1-11(2)7-14(18(26)27)20-16(24)9-19-17(25)15-10-23(22-21-15)13-6-4-5-12(3)8-13/h4-6,8,10-11,14H,7,9H2,1-3H3,(H,19,25)(H,20,24)(H,26,27)/t14-/m0/s1. The van der Waals surface area contributed by atoms with Gasteiger partial charge in [0, 0.05) is 0 Å². The Morgan fingerprint density at radius 3 is 2.63 bits per heavy atom. The zero-order valence-corrected chi connectivity index (χ0v) is 15.5. The number of nitrogens with one attached hydrogen (secondary N) is 2. The number of carbonyl (C=O) groups is 3. The van der Waals surface area contributed by atoms with E-state index in [1.54, 1.807) is 0 Å². The SMILES string of the molecule is Cc1cccc(-n2cc(C(=O)NCC(=O)N[C@@H](CC(C)C)C(=O)O)nn2)c1. The van der Waals surface area contributed by atoms with Gasteiger partial charge in [0.05, 0.1) is 18.4 Å². The van der Waals surface area contributed by atoms with Crippen molar-refractivity contribution in [3.05, 3.63) is 41.7 Å². The van der Waals surface area contributed by atoms with Crippen LogP contribution in [0.2, 0.25) is 0 Å². The molecule has 1 aromatic carbocycles. The highest BCUT2D eigenvalue weighted by Crippen LogP contribution is 2.09. The van der Waals surface area contributed by atoms with Crippen molar-refractivity contribution in [2.24, 2.45) is 5.92 Å². The smallest absolute Gasteiger partial charge is 0.326 e. The predicted octanol–water partition coefficient (Wildman–Crippen LogP) is 0.921. The summed E-state index contributed by atoms with van der Waals surface area (Å²) in [6, 6.07) is 6.54. The van der Waals surface area contributed by atoms with Crippen molar-refractivity contribution in [1.82, 2.24) is 25.6 Å². The first-order valence-corrected chi connectivity index (χ1v) is 8.56. The molecule has 0 aliphatic heterocycles. The number of nitrogens with zero attached hydrogens (tertiary/aromatic N) is 3. The van der Waals surface area contributed by atoms with Gasteiger partial charge >= 0.3 is 5.97 Å². The fraction of sp³-hybridized carbons (Fsp3) is 0.389. The third-order valence-electron chi connectivity index (χ3n) is 3.74. The lowest BCUT2D eigenvalue weighted by Crippen LogP contribution is -2.46. The van der Waals surface area contributed by atoms with Gasteiger partial charge in [-0.1, -0.05) is 31.2 Å². The minimum Gasteiger partial charge on any atom is -0.480 e. The van der Waals surface area contributed by atoms with Crippen LogP contribution in [0.25, 0.3) is 5.69 Å². The molecular weight excluding hydrogens is 350 g/mol. The molecule has 0 aliphatic rings. The molecule has 2 aromatic rings. The van der Waals surface area contributed by atoms with E-state index in [-0.39, 0.29) is 18.2 Å². The van der Waals surface area contributed by atoms with Gasteiger partial charge in [0.25, 0.3) is 5.91 Å². The Hall–Kier alpha value is -3.23. The van der Waals surface area contributed by atoms with E-state index in [1.165, 1.54) is 10.9 Å². The average Bonchev–Trinajstić information content (AvgIpc) is 3.09. The average molecular weight is 373 g/mol. The first kappa shape index (κ1) is 20.1. The lowest BCUT2D eigenvalue weighted by Gasteiger charge is -2.16. The van der Waals surface area contributed by atoms with Crippen molar-refractivity contribution in [1.29, 1.82) is 0 Å². The highest BCUT2D eigenvalue weighted by atomic mass is 16.4. The molecule has 0 fully saturated rings. The van der Waals surface area contributed by atoms with Gasteiger partial charge in [0.2, 0.25) is 5.91 Å². The van der Waals surface area contributed by atoms with Crippen molar-refractivity contribution in [2.75, 3.05) is 6.54 Å². The van der Waals surface area contributed by atoms with Crippen molar-refractivity contribution in [3.8, 4) is 5.69 Å². The molecule has 2 rings (SSSR count). The summed E-state index contributed by atoms with van der Waals surface area (Å²) in [6.07, 6.45) is 1.76. The molecule has 0 aliphatic carbocycles. The molecule has 9 heteroatoms. The van der Waals surface area contributed by atoms with Crippen molar-refractivity contribution < 1.29 is 19.5 Å². The van der Waals surface area contributed by atoms with E-state index in [9.17, 15) is 14.4 Å². The number of hydrogen-bond acceptors (Lipinski definition) is 5. The van der Waals surface area contributed by atoms with Crippen LogP contribution in [0.1, 0.15) is 36.3 Å². The second-order valence-corrected chi connectivity index (χ2v) is 6.66. The number of carbonyl (C=O) groups excluding carboxylic acids is 2. The molecule has 1 heterocycles. The summed E-state index contributed by atoms with van der Waals surface area (Å²) < 4.78 is 1.46. The van der Waals surface area contributed by atoms with Crippen LogP contribution in [0.4, 0.5) is 0 Å². The van der Waals surface area contributed by atoms with Crippen LogP contribution in [0.3, 0.4) is 0 Å². The van der Waals surface area contributed by atoms with E-state index >= 15 is 0 Å². The number of carboxylic acid groups (broad SMARTS) is 1. The van der Waals surface area contributed by atoms with Gasteiger partial charge in [0.15, 0.2) is 5.69 Å². The van der Waals surface area contributed by atoms with Crippen LogP contribution in [0.5, 0.6) is 0 Å². The quantitative estimate of drug-likeness (QED) is 0.632. The molecule has 0 saturated heterocycles. The number of aryl methyl sites for hydroxylation is 1. The van der Waals surface area contributed by atoms with E-state index in [2.05, 4.69) is 20.9 Å². The van der Waals surface area contributed by atoms with Crippen LogP contribution in [-0.2, 0) is 9.59 Å². The third-order valence-corrected chi connectivity index (χ3v) is 3.74. The topological polar surface area (TPSA) is 126 Å². The van der Waals surface area contributed by atoms with Crippen LogP contribution < -0.4 is 10.6 Å². The van der Waals surface area contributed by atoms with Crippen molar-refractivity contribution in [3.63, 3.8) is 0 Å². The van der Waals surface area contributed by atoms with Gasteiger partial charge in [-0.2, -0.15) is 0 Å². The van der Waals surface area contributed by atoms with E-state index in [4.69, 9.17) is 5.11 Å². The minimum absolute atomic E-state index is 0.0567. The van der Waals surface area contributed by atoms with Crippen molar-refractivity contribution in [2.45, 2.75) is 33.2 Å². The normalized spacial score (nSPS) is 11.9. The molecule has 0 radical (unpaired) electrons. The Morgan fingerprint density at radius 1 is 1.26 bits per heavy atom. The van der Waals surface area contributed by atoms with E-state index in [0.29, 0.717) is 6.42 Å². The zero-order valence-electron chi connectivity index (χ0n) is 15.5. The first-order chi connectivity index (χ1) is 12.8. The molecule has 1 atom stereocenters. The molecule has 0 bridgehead atoms. The highest BCUT2D eigenvalue weighted by Gasteiger charge is 2.21. The highest BCUT2D eigenvalue weighted by molar-refractivity contribution is 5.95. The maximum absolute atomic E-state index is 12.1. The van der Waals surface area contributed by atoms with Crippen LogP contribution in [-0.4, -0.2) is 50.5 Å². The van der Waals surface area contributed by atoms with Crippen LogP contribution in [0.15, 0.2) is 30.5 Å². The summed E-state index contributed by atoms with van der Waals surface area (Å²) in [5.74, 6) is -2.15. The zero-order chi connectivity index (χ0) is 20.0. The molecule has 0 spiro atoms. The Kier molecular flexibility index (Phi) is 6.64. The van der Waals surface area contributed by atoms with Gasteiger partial charge in [-0.25, -0.2) is 9.48 Å². The Morgan fingerprint density at radius 2 is 2.00 bits per heavy atom. The molecule has 1 aromatic heterocycles. The van der Waals surface area contributed by atoms with Gasteiger partial charge in [-0.05, 0) is 37.0 Å². The number of rotatable bonds is 8. The van der Waals surface area contributed by atoms with Gasteiger partial charge in [-0.3, -0.25) is 9.59 Å². The maximum atomic E-state index is 12.1. The minimum atomic E-state index is -1.11. The summed E-state index contributed by atoms with van der Waals surface area (Å²) in [7, 11) is 0. The lowest BCUT2D eigenvalue weighted by atomic mass is 10.0. The number of benzene rings is 1. The Balaban J connectivity index is 1.92. The fourth-order valence-corrected chi connectivity index (χ4v) is 2.45.